The predicted octanol–water partition coefficient (Wildman–Crippen LogP) is 1.49. The molecular weight excluding hydrogens is 677 g/mol. The second-order valence-electron chi connectivity index (χ2n) is 10.3. The zero-order valence-electron chi connectivity index (χ0n) is 26.4. The van der Waals surface area contributed by atoms with Gasteiger partial charge in [0.15, 0.2) is 0 Å². The van der Waals surface area contributed by atoms with Gasteiger partial charge in [-0.2, -0.15) is 13.9 Å². The first-order valence-corrected chi connectivity index (χ1v) is 15.2. The number of aliphatic hydroxyl groups excluding tert-OH is 2. The summed E-state index contributed by atoms with van der Waals surface area (Å²) in [4.78, 5) is 11.7. The second-order valence-corrected chi connectivity index (χ2v) is 10.3. The van der Waals surface area contributed by atoms with E-state index in [-0.39, 0.29) is 64.2 Å². The van der Waals surface area contributed by atoms with E-state index < -0.39 is 71.8 Å². The van der Waals surface area contributed by atoms with Gasteiger partial charge in [-0.1, -0.05) is 5.23 Å². The van der Waals surface area contributed by atoms with E-state index in [1.807, 2.05) is 0 Å². The molecule has 7 N–H and O–H groups in total. The molecule has 4 unspecified atom stereocenters. The fourth-order valence-corrected chi connectivity index (χ4v) is 4.15. The van der Waals surface area contributed by atoms with Gasteiger partial charge in [-0.05, 0) is 6.42 Å². The summed E-state index contributed by atoms with van der Waals surface area (Å²) in [6.07, 6.45) is -1.84. The Morgan fingerprint density at radius 3 is 1.98 bits per heavy atom. The molecule has 0 aromatic heterocycles. The summed E-state index contributed by atoms with van der Waals surface area (Å²) in [6, 6.07) is 0. The molecule has 16 nitrogen and oxygen atoms in total. The van der Waals surface area contributed by atoms with Crippen molar-refractivity contribution in [1.82, 2.24) is 15.9 Å². The number of ether oxygens (including phenoxy) is 6. The van der Waals surface area contributed by atoms with Crippen LogP contribution in [0.2, 0.25) is 0 Å². The lowest BCUT2D eigenvalue weighted by Crippen LogP contribution is -2.55. The first kappa shape index (κ1) is 42.2. The van der Waals surface area contributed by atoms with E-state index in [0.29, 0.717) is 38.5 Å². The minimum atomic E-state index is -2.36. The zero-order chi connectivity index (χ0) is 36.2. The highest BCUT2D eigenvalue weighted by atomic mass is 19.2. The van der Waals surface area contributed by atoms with Gasteiger partial charge in [0.25, 0.3) is 0 Å². The molecule has 2 rings (SSSR count). The lowest BCUT2D eigenvalue weighted by atomic mass is 9.99. The van der Waals surface area contributed by atoms with Gasteiger partial charge in [0.2, 0.25) is 34.8 Å². The van der Waals surface area contributed by atoms with Gasteiger partial charge in [0.05, 0.1) is 83.7 Å². The Morgan fingerprint density at radius 2 is 1.41 bits per heavy atom. The molecule has 0 amide bonds. The molecule has 1 fully saturated rings. The van der Waals surface area contributed by atoms with Crippen molar-refractivity contribution >= 4 is 5.97 Å². The number of hydrogen-bond donors (Lipinski definition) is 7. The molecular formula is C28H42F5N5O11. The van der Waals surface area contributed by atoms with Gasteiger partial charge in [-0.15, -0.1) is 0 Å². The van der Waals surface area contributed by atoms with E-state index >= 15 is 0 Å². The maximum absolute atomic E-state index is 13.5. The Morgan fingerprint density at radius 1 is 0.857 bits per heavy atom. The minimum absolute atomic E-state index is 0.0259. The summed E-state index contributed by atoms with van der Waals surface area (Å²) in [6.45, 7) is 1.97. The van der Waals surface area contributed by atoms with E-state index in [2.05, 4.69) is 20.5 Å². The third kappa shape index (κ3) is 15.6. The number of benzene rings is 1. The molecule has 21 heteroatoms. The summed E-state index contributed by atoms with van der Waals surface area (Å²) in [5.74, 6) is -14.3. The van der Waals surface area contributed by atoms with Crippen LogP contribution in [0.4, 0.5) is 22.0 Å². The number of halogens is 5. The van der Waals surface area contributed by atoms with Gasteiger partial charge in [-0.3, -0.25) is 20.5 Å². The SMILES string of the molecule is N=N/C(=C\NCCOCCOCCOCCOCCC(=O)Oc1c(F)c(F)c(F)c(F)c1F)CCNC1OC(CCN(O)O)CC(O)C1O. The van der Waals surface area contributed by atoms with E-state index in [0.717, 1.165) is 0 Å². The Hall–Kier alpha value is -2.96. The van der Waals surface area contributed by atoms with Crippen molar-refractivity contribution in [3.63, 3.8) is 0 Å². The lowest BCUT2D eigenvalue weighted by molar-refractivity contribution is -0.310. The number of carbonyl (C=O) groups is 1. The number of esters is 1. The number of hydrogen-bond acceptors (Lipinski definition) is 16. The molecule has 1 aromatic rings. The van der Waals surface area contributed by atoms with Gasteiger partial charge in [0.1, 0.15) is 12.3 Å². The van der Waals surface area contributed by atoms with Crippen LogP contribution in [0.25, 0.3) is 0 Å². The number of aliphatic hydroxyl groups is 2. The molecule has 1 aliphatic rings. The van der Waals surface area contributed by atoms with Gasteiger partial charge in [-0.25, -0.2) is 18.7 Å². The van der Waals surface area contributed by atoms with Crippen molar-refractivity contribution in [2.45, 2.75) is 50.2 Å². The van der Waals surface area contributed by atoms with Crippen LogP contribution >= 0.6 is 0 Å². The quantitative estimate of drug-likeness (QED) is 0.0111. The van der Waals surface area contributed by atoms with Crippen LogP contribution < -0.4 is 15.4 Å². The molecule has 0 aliphatic carbocycles. The van der Waals surface area contributed by atoms with Crippen molar-refractivity contribution in [2.24, 2.45) is 5.11 Å². The van der Waals surface area contributed by atoms with Gasteiger partial charge < -0.3 is 44.0 Å². The highest BCUT2D eigenvalue weighted by Gasteiger charge is 2.36. The van der Waals surface area contributed by atoms with Gasteiger partial charge >= 0.3 is 5.97 Å². The molecule has 280 valence electrons. The fraction of sp³-hybridized carbons (Fsp3) is 0.679. The largest absolute Gasteiger partial charge is 0.420 e. The van der Waals surface area contributed by atoms with E-state index in [4.69, 9.17) is 39.6 Å². The number of nitrogens with zero attached hydrogens (tertiary/aromatic N) is 2. The van der Waals surface area contributed by atoms with Crippen LogP contribution in [0.3, 0.4) is 0 Å². The number of rotatable bonds is 25. The molecule has 4 atom stereocenters. The lowest BCUT2D eigenvalue weighted by Gasteiger charge is -2.37. The maximum Gasteiger partial charge on any atom is 0.313 e. The average Bonchev–Trinajstić information content (AvgIpc) is 3.08. The molecule has 0 spiro atoms. The molecule has 0 saturated carbocycles. The fourth-order valence-electron chi connectivity index (χ4n) is 4.15. The minimum Gasteiger partial charge on any atom is -0.420 e. The molecule has 0 radical (unpaired) electrons. The molecule has 49 heavy (non-hydrogen) atoms. The van der Waals surface area contributed by atoms with Crippen molar-refractivity contribution in [3.8, 4) is 5.75 Å². The third-order valence-electron chi connectivity index (χ3n) is 6.68. The summed E-state index contributed by atoms with van der Waals surface area (Å²) < 4.78 is 97.6. The summed E-state index contributed by atoms with van der Waals surface area (Å²) in [7, 11) is 0. The second kappa shape index (κ2) is 23.4. The average molecular weight is 720 g/mol. The first-order chi connectivity index (χ1) is 23.5. The number of carbonyl (C=O) groups excluding carboxylic acids is 1. The van der Waals surface area contributed by atoms with Crippen LogP contribution in [0.1, 0.15) is 25.7 Å². The van der Waals surface area contributed by atoms with Crippen molar-refractivity contribution in [2.75, 3.05) is 72.5 Å². The van der Waals surface area contributed by atoms with Crippen LogP contribution in [0.5, 0.6) is 5.75 Å². The Kier molecular flexibility index (Phi) is 20.2. The first-order valence-electron chi connectivity index (χ1n) is 15.2. The Balaban J connectivity index is 1.43. The molecule has 0 bridgehead atoms. The van der Waals surface area contributed by atoms with E-state index in [1.54, 1.807) is 6.20 Å². The highest BCUT2D eigenvalue weighted by Crippen LogP contribution is 2.29. The smallest absolute Gasteiger partial charge is 0.313 e. The number of nitrogens with one attached hydrogen (secondary N) is 3. The Bertz CT molecular complexity index is 1160. The summed E-state index contributed by atoms with van der Waals surface area (Å²) in [5.41, 5.74) is 7.74. The monoisotopic (exact) mass is 719 g/mol. The van der Waals surface area contributed by atoms with Crippen LogP contribution in [0.15, 0.2) is 17.0 Å². The van der Waals surface area contributed by atoms with Crippen LogP contribution in [-0.4, -0.2) is 129 Å². The standard InChI is InChI=1S/C28H42F5N5O11/c29-21-22(30)24(32)27(25(33)23(21)31)49-20(40)3-7-44-9-11-46-13-14-47-12-10-45-8-5-35-16-17(37-34)1-4-36-28-26(41)19(39)15-18(48-28)2-6-38(42)43/h16,18-19,26,28,34-36,39,41-43H,1-15H2/b17-16-,37-34?. The molecule has 1 heterocycles. The number of hydroxylamine groups is 2. The van der Waals surface area contributed by atoms with Gasteiger partial charge in [0, 0.05) is 32.1 Å². The topological polar surface area (TPSA) is 217 Å². The molecule has 1 aromatic carbocycles. The summed E-state index contributed by atoms with van der Waals surface area (Å²) in [5, 5.41) is 47.4. The predicted molar refractivity (Wildman–Crippen MR) is 154 cm³/mol. The molecule has 1 aliphatic heterocycles. The Labute approximate surface area is 278 Å². The molecule has 1 saturated heterocycles. The highest BCUT2D eigenvalue weighted by molar-refractivity contribution is 5.72. The third-order valence-corrected chi connectivity index (χ3v) is 6.68. The zero-order valence-corrected chi connectivity index (χ0v) is 26.4. The van der Waals surface area contributed by atoms with Crippen molar-refractivity contribution < 1.29 is 75.8 Å². The van der Waals surface area contributed by atoms with Crippen LogP contribution in [0, 0.1) is 34.6 Å². The normalized spacial score (nSPS) is 19.8. The van der Waals surface area contributed by atoms with E-state index in [1.165, 1.54) is 0 Å². The van der Waals surface area contributed by atoms with Crippen LogP contribution in [-0.2, 0) is 28.5 Å². The summed E-state index contributed by atoms with van der Waals surface area (Å²) >= 11 is 0. The van der Waals surface area contributed by atoms with Crippen molar-refractivity contribution in [3.05, 3.63) is 41.0 Å². The van der Waals surface area contributed by atoms with Crippen molar-refractivity contribution in [1.29, 1.82) is 5.53 Å². The maximum atomic E-state index is 13.5. The van der Waals surface area contributed by atoms with E-state index in [9.17, 15) is 37.0 Å².